The van der Waals surface area contributed by atoms with Crippen LogP contribution in [0, 0.1) is 0 Å². The second-order valence-corrected chi connectivity index (χ2v) is 3.45. The lowest BCUT2D eigenvalue weighted by Crippen LogP contribution is -2.40. The lowest BCUT2D eigenvalue weighted by Gasteiger charge is -2.27. The molecule has 5 heteroatoms. The second kappa shape index (κ2) is 4.95. The SMILES string of the molecule is CC(=O)NC[C@@H]1CCC[C@@H](C(=O)O)O1. The lowest BCUT2D eigenvalue weighted by atomic mass is 10.0. The number of carboxylic acid groups (broad SMARTS) is 1. The Morgan fingerprint density at radius 2 is 2.21 bits per heavy atom. The fraction of sp³-hybridized carbons (Fsp3) is 0.778. The van der Waals surface area contributed by atoms with Crippen molar-refractivity contribution in [1.29, 1.82) is 0 Å². The van der Waals surface area contributed by atoms with Gasteiger partial charge >= 0.3 is 5.97 Å². The van der Waals surface area contributed by atoms with Gasteiger partial charge in [0.1, 0.15) is 0 Å². The fourth-order valence-corrected chi connectivity index (χ4v) is 1.49. The van der Waals surface area contributed by atoms with Gasteiger partial charge in [-0.15, -0.1) is 0 Å². The summed E-state index contributed by atoms with van der Waals surface area (Å²) in [7, 11) is 0. The van der Waals surface area contributed by atoms with Gasteiger partial charge in [0.25, 0.3) is 0 Å². The monoisotopic (exact) mass is 201 g/mol. The summed E-state index contributed by atoms with van der Waals surface area (Å²) in [6.45, 7) is 1.83. The van der Waals surface area contributed by atoms with Crippen molar-refractivity contribution in [2.75, 3.05) is 6.54 Å². The highest BCUT2D eigenvalue weighted by Crippen LogP contribution is 2.18. The largest absolute Gasteiger partial charge is 0.479 e. The predicted octanol–water partition coefficient (Wildman–Crippen LogP) is 0.145. The Bertz CT molecular complexity index is 229. The van der Waals surface area contributed by atoms with E-state index >= 15 is 0 Å². The molecule has 0 aliphatic carbocycles. The molecule has 1 saturated heterocycles. The summed E-state index contributed by atoms with van der Waals surface area (Å²) in [4.78, 5) is 21.2. The van der Waals surface area contributed by atoms with E-state index < -0.39 is 12.1 Å². The highest BCUT2D eigenvalue weighted by Gasteiger charge is 2.27. The molecule has 1 heterocycles. The van der Waals surface area contributed by atoms with Crippen LogP contribution in [0.1, 0.15) is 26.2 Å². The molecule has 2 N–H and O–H groups in total. The number of ether oxygens (including phenoxy) is 1. The number of rotatable bonds is 3. The van der Waals surface area contributed by atoms with Crippen LogP contribution < -0.4 is 5.32 Å². The molecule has 0 bridgehead atoms. The van der Waals surface area contributed by atoms with Crippen molar-refractivity contribution < 1.29 is 19.4 Å². The van der Waals surface area contributed by atoms with Crippen LogP contribution in [0.15, 0.2) is 0 Å². The number of carbonyl (C=O) groups is 2. The normalized spacial score (nSPS) is 26.9. The third kappa shape index (κ3) is 3.33. The summed E-state index contributed by atoms with van der Waals surface area (Å²) >= 11 is 0. The van der Waals surface area contributed by atoms with Gasteiger partial charge in [-0.25, -0.2) is 4.79 Å². The molecule has 0 radical (unpaired) electrons. The Labute approximate surface area is 82.4 Å². The zero-order chi connectivity index (χ0) is 10.6. The van der Waals surface area contributed by atoms with E-state index in [2.05, 4.69) is 5.32 Å². The molecule has 1 aliphatic heterocycles. The van der Waals surface area contributed by atoms with Gasteiger partial charge in [-0.05, 0) is 19.3 Å². The Kier molecular flexibility index (Phi) is 3.88. The summed E-state index contributed by atoms with van der Waals surface area (Å²) in [6.07, 6.45) is 1.34. The summed E-state index contributed by atoms with van der Waals surface area (Å²) in [6, 6.07) is 0. The van der Waals surface area contributed by atoms with Crippen LogP contribution in [-0.4, -0.2) is 35.7 Å². The minimum absolute atomic E-state index is 0.119. The molecule has 0 spiro atoms. The third-order valence-electron chi connectivity index (χ3n) is 2.20. The molecule has 1 aliphatic rings. The van der Waals surface area contributed by atoms with E-state index in [1.165, 1.54) is 6.92 Å². The molecule has 0 unspecified atom stereocenters. The van der Waals surface area contributed by atoms with Crippen molar-refractivity contribution in [2.45, 2.75) is 38.4 Å². The van der Waals surface area contributed by atoms with Crippen LogP contribution in [0.4, 0.5) is 0 Å². The average Bonchev–Trinajstić information content (AvgIpc) is 2.15. The quantitative estimate of drug-likeness (QED) is 0.681. The summed E-state index contributed by atoms with van der Waals surface area (Å²) in [5.41, 5.74) is 0. The molecule has 0 aromatic carbocycles. The smallest absolute Gasteiger partial charge is 0.332 e. The zero-order valence-corrected chi connectivity index (χ0v) is 8.16. The molecule has 14 heavy (non-hydrogen) atoms. The standard InChI is InChI=1S/C9H15NO4/c1-6(11)10-5-7-3-2-4-8(14-7)9(12)13/h7-8H,2-5H2,1H3,(H,10,11)(H,12,13)/t7-,8-/m0/s1. The van der Waals surface area contributed by atoms with Crippen molar-refractivity contribution in [2.24, 2.45) is 0 Å². The van der Waals surface area contributed by atoms with Gasteiger partial charge in [0.15, 0.2) is 6.10 Å². The molecule has 1 fully saturated rings. The number of hydrogen-bond donors (Lipinski definition) is 2. The van der Waals surface area contributed by atoms with Crippen LogP contribution in [0.2, 0.25) is 0 Å². The van der Waals surface area contributed by atoms with Crippen molar-refractivity contribution in [3.8, 4) is 0 Å². The first-order valence-electron chi connectivity index (χ1n) is 4.72. The van der Waals surface area contributed by atoms with Crippen molar-refractivity contribution in [1.82, 2.24) is 5.32 Å². The van der Waals surface area contributed by atoms with Gasteiger partial charge in [0.2, 0.25) is 5.91 Å². The minimum Gasteiger partial charge on any atom is -0.479 e. The van der Waals surface area contributed by atoms with E-state index in [4.69, 9.17) is 9.84 Å². The Balaban J connectivity index is 2.32. The van der Waals surface area contributed by atoms with Gasteiger partial charge in [-0.3, -0.25) is 4.79 Å². The van der Waals surface area contributed by atoms with E-state index in [1.54, 1.807) is 0 Å². The van der Waals surface area contributed by atoms with E-state index in [-0.39, 0.29) is 12.0 Å². The minimum atomic E-state index is -0.919. The Morgan fingerprint density at radius 1 is 1.50 bits per heavy atom. The summed E-state index contributed by atoms with van der Waals surface area (Å²) in [5.74, 6) is -1.04. The van der Waals surface area contributed by atoms with Gasteiger partial charge in [-0.1, -0.05) is 0 Å². The predicted molar refractivity (Wildman–Crippen MR) is 48.8 cm³/mol. The highest BCUT2D eigenvalue weighted by molar-refractivity contribution is 5.73. The Hall–Kier alpha value is -1.10. The van der Waals surface area contributed by atoms with Gasteiger partial charge in [0.05, 0.1) is 6.10 Å². The molecule has 5 nitrogen and oxygen atoms in total. The second-order valence-electron chi connectivity index (χ2n) is 3.45. The van der Waals surface area contributed by atoms with E-state index in [9.17, 15) is 9.59 Å². The van der Waals surface area contributed by atoms with Gasteiger partial charge in [0, 0.05) is 13.5 Å². The fourth-order valence-electron chi connectivity index (χ4n) is 1.49. The molecule has 2 atom stereocenters. The molecule has 1 rings (SSSR count). The molecular formula is C9H15NO4. The summed E-state index contributed by atoms with van der Waals surface area (Å²) < 4.78 is 5.28. The number of amides is 1. The average molecular weight is 201 g/mol. The maximum absolute atomic E-state index is 10.6. The third-order valence-corrected chi connectivity index (χ3v) is 2.20. The zero-order valence-electron chi connectivity index (χ0n) is 8.16. The molecule has 0 aromatic heterocycles. The first kappa shape index (κ1) is 11.0. The number of hydrogen-bond acceptors (Lipinski definition) is 3. The highest BCUT2D eigenvalue weighted by atomic mass is 16.5. The van der Waals surface area contributed by atoms with Crippen molar-refractivity contribution >= 4 is 11.9 Å². The maximum atomic E-state index is 10.6. The lowest BCUT2D eigenvalue weighted by molar-refractivity contribution is -0.158. The molecular weight excluding hydrogens is 186 g/mol. The first-order chi connectivity index (χ1) is 6.59. The number of carboxylic acids is 1. The molecule has 0 aromatic rings. The van der Waals surface area contributed by atoms with Crippen molar-refractivity contribution in [3.05, 3.63) is 0 Å². The maximum Gasteiger partial charge on any atom is 0.332 e. The van der Waals surface area contributed by atoms with E-state index in [1.807, 2.05) is 0 Å². The summed E-state index contributed by atoms with van der Waals surface area (Å²) in [5, 5.41) is 11.3. The van der Waals surface area contributed by atoms with Crippen molar-refractivity contribution in [3.63, 3.8) is 0 Å². The van der Waals surface area contributed by atoms with Gasteiger partial charge < -0.3 is 15.2 Å². The van der Waals surface area contributed by atoms with Crippen LogP contribution in [0.5, 0.6) is 0 Å². The first-order valence-corrected chi connectivity index (χ1v) is 4.72. The van der Waals surface area contributed by atoms with Crippen LogP contribution >= 0.6 is 0 Å². The van der Waals surface area contributed by atoms with E-state index in [0.29, 0.717) is 13.0 Å². The number of aliphatic carboxylic acids is 1. The van der Waals surface area contributed by atoms with Crippen LogP contribution in [0.25, 0.3) is 0 Å². The number of nitrogens with one attached hydrogen (secondary N) is 1. The van der Waals surface area contributed by atoms with Crippen LogP contribution in [-0.2, 0) is 14.3 Å². The topological polar surface area (TPSA) is 75.6 Å². The van der Waals surface area contributed by atoms with Gasteiger partial charge in [-0.2, -0.15) is 0 Å². The van der Waals surface area contributed by atoms with Crippen LogP contribution in [0.3, 0.4) is 0 Å². The molecule has 1 amide bonds. The van der Waals surface area contributed by atoms with E-state index in [0.717, 1.165) is 12.8 Å². The molecule has 80 valence electrons. The molecule has 0 saturated carbocycles. The Morgan fingerprint density at radius 3 is 2.79 bits per heavy atom. The number of carbonyl (C=O) groups excluding carboxylic acids is 1.